The molecule has 0 radical (unpaired) electrons. The lowest BCUT2D eigenvalue weighted by atomic mass is 9.93. The Morgan fingerprint density at radius 2 is 1.67 bits per heavy atom. The highest BCUT2D eigenvalue weighted by Crippen LogP contribution is 2.23. The third-order valence-electron chi connectivity index (χ3n) is 5.36. The number of nitrogens with zero attached hydrogens (tertiary/aromatic N) is 2. The number of carbonyl (C=O) groups excluding carboxylic acids is 1. The fourth-order valence-electron chi connectivity index (χ4n) is 3.90. The minimum atomic E-state index is -0.0924. The second-order valence-electron chi connectivity index (χ2n) is 7.89. The van der Waals surface area contributed by atoms with E-state index in [1.807, 2.05) is 56.3 Å². The highest BCUT2D eigenvalue weighted by molar-refractivity contribution is 5.84. The van der Waals surface area contributed by atoms with Crippen molar-refractivity contribution in [2.45, 2.75) is 51.7 Å². The van der Waals surface area contributed by atoms with Crippen molar-refractivity contribution in [3.63, 3.8) is 0 Å². The average molecular weight is 405 g/mol. The number of aromatic nitrogens is 2. The molecule has 2 aromatic carbocycles. The Hall–Kier alpha value is -3.15. The van der Waals surface area contributed by atoms with E-state index in [9.17, 15) is 4.79 Å². The monoisotopic (exact) mass is 405 g/mol. The van der Waals surface area contributed by atoms with E-state index < -0.39 is 0 Å². The van der Waals surface area contributed by atoms with Gasteiger partial charge in [0.2, 0.25) is 0 Å². The first-order valence-electron chi connectivity index (χ1n) is 10.4. The number of hydrogen-bond acceptors (Lipinski definition) is 5. The molecule has 1 aromatic heterocycles. The largest absolute Gasteiger partial charge is 0.484 e. The second-order valence-corrected chi connectivity index (χ2v) is 7.89. The fourth-order valence-corrected chi connectivity index (χ4v) is 3.90. The normalized spacial score (nSPS) is 18.7. The zero-order valence-electron chi connectivity index (χ0n) is 17.4. The summed E-state index contributed by atoms with van der Waals surface area (Å²) in [5, 5.41) is 5.33. The molecule has 3 aromatic rings. The van der Waals surface area contributed by atoms with Gasteiger partial charge in [-0.25, -0.2) is 9.97 Å². The molecule has 4 rings (SSSR count). The summed E-state index contributed by atoms with van der Waals surface area (Å²) in [5.74, 6) is 0.611. The molecule has 0 unspecified atom stereocenters. The van der Waals surface area contributed by atoms with Crippen LogP contribution >= 0.6 is 0 Å². The maximum absolute atomic E-state index is 12.3. The topological polar surface area (TPSA) is 73.3 Å². The maximum atomic E-state index is 12.3. The molecule has 1 aliphatic rings. The van der Waals surface area contributed by atoms with Crippen LogP contribution in [0.25, 0.3) is 10.8 Å². The molecule has 1 N–H and O–H groups in total. The predicted molar refractivity (Wildman–Crippen MR) is 116 cm³/mol. The van der Waals surface area contributed by atoms with Gasteiger partial charge in [-0.1, -0.05) is 30.3 Å². The number of rotatable bonds is 6. The van der Waals surface area contributed by atoms with Gasteiger partial charge in [-0.15, -0.1) is 0 Å². The van der Waals surface area contributed by atoms with Gasteiger partial charge in [0.1, 0.15) is 11.9 Å². The van der Waals surface area contributed by atoms with Gasteiger partial charge in [0, 0.05) is 17.4 Å². The van der Waals surface area contributed by atoms with Crippen LogP contribution in [0.5, 0.6) is 11.8 Å². The van der Waals surface area contributed by atoms with Gasteiger partial charge in [0.15, 0.2) is 6.61 Å². The molecule has 1 heterocycles. The lowest BCUT2D eigenvalue weighted by molar-refractivity contribution is -0.124. The van der Waals surface area contributed by atoms with E-state index in [1.54, 1.807) is 0 Å². The summed E-state index contributed by atoms with van der Waals surface area (Å²) >= 11 is 0. The van der Waals surface area contributed by atoms with Crippen molar-refractivity contribution >= 4 is 16.7 Å². The van der Waals surface area contributed by atoms with Crippen molar-refractivity contribution in [2.24, 2.45) is 0 Å². The Labute approximate surface area is 176 Å². The maximum Gasteiger partial charge on any atom is 0.317 e. The van der Waals surface area contributed by atoms with Crippen molar-refractivity contribution in [3.8, 4) is 11.8 Å². The van der Waals surface area contributed by atoms with Gasteiger partial charge in [-0.3, -0.25) is 4.79 Å². The van der Waals surface area contributed by atoms with Gasteiger partial charge < -0.3 is 14.8 Å². The SMILES string of the molecule is Cc1cc(C)nc(OC2CCC(NC(=O)COc3ccc4ccccc4c3)CC2)n1. The number of amides is 1. The average Bonchev–Trinajstić information content (AvgIpc) is 2.73. The molecule has 0 aliphatic heterocycles. The van der Waals surface area contributed by atoms with E-state index in [4.69, 9.17) is 9.47 Å². The number of carbonyl (C=O) groups is 1. The Morgan fingerprint density at radius 3 is 2.40 bits per heavy atom. The first kappa shape index (κ1) is 20.1. The summed E-state index contributed by atoms with van der Waals surface area (Å²) < 4.78 is 11.6. The third-order valence-corrected chi connectivity index (χ3v) is 5.36. The van der Waals surface area contributed by atoms with E-state index in [0.717, 1.165) is 47.8 Å². The van der Waals surface area contributed by atoms with E-state index in [-0.39, 0.29) is 24.7 Å². The number of benzene rings is 2. The van der Waals surface area contributed by atoms with Crippen molar-refractivity contribution in [2.75, 3.05) is 6.61 Å². The number of aryl methyl sites for hydroxylation is 2. The Kier molecular flexibility index (Phi) is 6.12. The first-order chi connectivity index (χ1) is 14.5. The van der Waals surface area contributed by atoms with Crippen LogP contribution in [0.4, 0.5) is 0 Å². The lowest BCUT2D eigenvalue weighted by Crippen LogP contribution is -2.41. The zero-order valence-corrected chi connectivity index (χ0v) is 17.4. The number of nitrogens with one attached hydrogen (secondary N) is 1. The predicted octanol–water partition coefficient (Wildman–Crippen LogP) is 4.13. The van der Waals surface area contributed by atoms with Crippen LogP contribution in [0.1, 0.15) is 37.1 Å². The number of ether oxygens (including phenoxy) is 2. The van der Waals surface area contributed by atoms with Gasteiger partial charge >= 0.3 is 6.01 Å². The second kappa shape index (κ2) is 9.11. The molecule has 6 nitrogen and oxygen atoms in total. The quantitative estimate of drug-likeness (QED) is 0.667. The molecule has 30 heavy (non-hydrogen) atoms. The number of fused-ring (bicyclic) bond motifs is 1. The minimum Gasteiger partial charge on any atom is -0.484 e. The van der Waals surface area contributed by atoms with Crippen LogP contribution in [0.2, 0.25) is 0 Å². The Morgan fingerprint density at radius 1 is 0.967 bits per heavy atom. The van der Waals surface area contributed by atoms with Crippen molar-refractivity contribution < 1.29 is 14.3 Å². The highest BCUT2D eigenvalue weighted by Gasteiger charge is 2.24. The van der Waals surface area contributed by atoms with Crippen LogP contribution in [0, 0.1) is 13.8 Å². The lowest BCUT2D eigenvalue weighted by Gasteiger charge is -2.29. The van der Waals surface area contributed by atoms with Gasteiger partial charge in [0.25, 0.3) is 5.91 Å². The molecule has 1 fully saturated rings. The summed E-state index contributed by atoms with van der Waals surface area (Å²) in [7, 11) is 0. The molecule has 1 saturated carbocycles. The molecule has 0 saturated heterocycles. The summed E-state index contributed by atoms with van der Waals surface area (Å²) in [6.07, 6.45) is 3.57. The molecule has 0 spiro atoms. The third kappa shape index (κ3) is 5.26. The van der Waals surface area contributed by atoms with Crippen LogP contribution < -0.4 is 14.8 Å². The molecular formula is C24H27N3O3. The Balaban J connectivity index is 1.22. The number of hydrogen-bond donors (Lipinski definition) is 1. The van der Waals surface area contributed by atoms with Crippen molar-refractivity contribution in [3.05, 3.63) is 59.9 Å². The highest BCUT2D eigenvalue weighted by atomic mass is 16.5. The van der Waals surface area contributed by atoms with Crippen molar-refractivity contribution in [1.82, 2.24) is 15.3 Å². The smallest absolute Gasteiger partial charge is 0.317 e. The van der Waals surface area contributed by atoms with E-state index in [2.05, 4.69) is 21.4 Å². The first-order valence-corrected chi connectivity index (χ1v) is 10.4. The zero-order chi connectivity index (χ0) is 20.9. The summed E-state index contributed by atoms with van der Waals surface area (Å²) in [6, 6.07) is 16.5. The molecule has 0 atom stereocenters. The van der Waals surface area contributed by atoms with Gasteiger partial charge in [0.05, 0.1) is 0 Å². The van der Waals surface area contributed by atoms with Crippen LogP contribution in [-0.4, -0.2) is 34.6 Å². The fraction of sp³-hybridized carbons (Fsp3) is 0.375. The minimum absolute atomic E-state index is 0.0190. The van der Waals surface area contributed by atoms with Crippen molar-refractivity contribution in [1.29, 1.82) is 0 Å². The van der Waals surface area contributed by atoms with E-state index in [0.29, 0.717) is 11.8 Å². The molecule has 6 heteroatoms. The van der Waals surface area contributed by atoms with Crippen LogP contribution in [0.3, 0.4) is 0 Å². The Bertz CT molecular complexity index is 1010. The van der Waals surface area contributed by atoms with Crippen LogP contribution in [-0.2, 0) is 4.79 Å². The van der Waals surface area contributed by atoms with E-state index >= 15 is 0 Å². The standard InChI is InChI=1S/C24H27N3O3/c1-16-13-17(2)26-24(25-16)30-21-11-8-20(9-12-21)27-23(28)15-29-22-10-7-18-5-3-4-6-19(18)14-22/h3-7,10,13-14,20-21H,8-9,11-12,15H2,1-2H3,(H,27,28). The molecule has 0 bridgehead atoms. The molecule has 1 aliphatic carbocycles. The van der Waals surface area contributed by atoms with Crippen LogP contribution in [0.15, 0.2) is 48.5 Å². The summed E-state index contributed by atoms with van der Waals surface area (Å²) in [5.41, 5.74) is 1.81. The van der Waals surface area contributed by atoms with Gasteiger partial charge in [-0.05, 0) is 68.5 Å². The molecular weight excluding hydrogens is 378 g/mol. The summed E-state index contributed by atoms with van der Waals surface area (Å²) in [6.45, 7) is 3.90. The van der Waals surface area contributed by atoms with E-state index in [1.165, 1.54) is 0 Å². The van der Waals surface area contributed by atoms with Gasteiger partial charge in [-0.2, -0.15) is 0 Å². The molecule has 156 valence electrons. The summed E-state index contributed by atoms with van der Waals surface area (Å²) in [4.78, 5) is 21.0. The molecule has 1 amide bonds.